The highest BCUT2D eigenvalue weighted by molar-refractivity contribution is 8.14. The lowest BCUT2D eigenvalue weighted by atomic mass is 10.2. The number of nitrogens with zero attached hydrogens (tertiary/aromatic N) is 2. The second kappa shape index (κ2) is 8.87. The van der Waals surface area contributed by atoms with Gasteiger partial charge in [0.1, 0.15) is 0 Å². The van der Waals surface area contributed by atoms with Gasteiger partial charge in [-0.25, -0.2) is 18.1 Å². The van der Waals surface area contributed by atoms with Crippen LogP contribution in [0.15, 0.2) is 52.4 Å². The molecule has 2 aromatic carbocycles. The van der Waals surface area contributed by atoms with Crippen molar-refractivity contribution in [2.45, 2.75) is 31.7 Å². The Balaban J connectivity index is 1.84. The van der Waals surface area contributed by atoms with Crippen molar-refractivity contribution in [3.05, 3.63) is 58.6 Å². The van der Waals surface area contributed by atoms with Gasteiger partial charge < -0.3 is 0 Å². The number of amides is 1. The van der Waals surface area contributed by atoms with E-state index in [-0.39, 0.29) is 16.8 Å². The molecular formula is C20H22ClN3O3S2. The van der Waals surface area contributed by atoms with Gasteiger partial charge in [-0.2, -0.15) is 0 Å². The second-order valence-corrected chi connectivity index (χ2v) is 10.1. The summed E-state index contributed by atoms with van der Waals surface area (Å²) in [6, 6.07) is 11.2. The highest BCUT2D eigenvalue weighted by Gasteiger charge is 2.27. The molecule has 0 radical (unpaired) electrons. The minimum absolute atomic E-state index is 0.127. The number of carbonyl (C=O) groups is 1. The number of halogens is 1. The molecule has 0 aromatic heterocycles. The monoisotopic (exact) mass is 451 g/mol. The molecule has 154 valence electrons. The van der Waals surface area contributed by atoms with Crippen molar-refractivity contribution in [1.82, 2.24) is 9.62 Å². The summed E-state index contributed by atoms with van der Waals surface area (Å²) in [6.45, 7) is 5.93. The predicted octanol–water partition coefficient (Wildman–Crippen LogP) is 4.21. The summed E-state index contributed by atoms with van der Waals surface area (Å²) in [7, 11) is -3.60. The number of thioether (sulfide) groups is 1. The molecule has 1 fully saturated rings. The first kappa shape index (κ1) is 21.8. The smallest absolute Gasteiger partial charge is 0.259 e. The fourth-order valence-electron chi connectivity index (χ4n) is 2.81. The van der Waals surface area contributed by atoms with E-state index in [9.17, 15) is 13.2 Å². The number of carbonyl (C=O) groups excluding carboxylic acids is 1. The molecular weight excluding hydrogens is 430 g/mol. The van der Waals surface area contributed by atoms with E-state index in [1.54, 1.807) is 24.8 Å². The Morgan fingerprint density at radius 3 is 2.55 bits per heavy atom. The predicted molar refractivity (Wildman–Crippen MR) is 119 cm³/mol. The molecule has 3 rings (SSSR count). The summed E-state index contributed by atoms with van der Waals surface area (Å²) in [5.74, 6) is 0.531. The quantitative estimate of drug-likeness (QED) is 0.738. The normalized spacial score (nSPS) is 16.0. The average molecular weight is 452 g/mol. The van der Waals surface area contributed by atoms with E-state index in [0.29, 0.717) is 22.3 Å². The van der Waals surface area contributed by atoms with Crippen LogP contribution >= 0.6 is 23.4 Å². The lowest BCUT2D eigenvalue weighted by Crippen LogP contribution is -2.32. The van der Waals surface area contributed by atoms with Crippen LogP contribution in [0.4, 0.5) is 5.69 Å². The zero-order valence-electron chi connectivity index (χ0n) is 16.3. The largest absolute Gasteiger partial charge is 0.286 e. The minimum atomic E-state index is -3.60. The van der Waals surface area contributed by atoms with Crippen LogP contribution in [0.25, 0.3) is 0 Å². The zero-order chi connectivity index (χ0) is 21.2. The summed E-state index contributed by atoms with van der Waals surface area (Å²) in [5, 5.41) is 1.23. The number of amidine groups is 1. The maximum Gasteiger partial charge on any atom is 0.259 e. The molecule has 0 spiro atoms. The first-order valence-electron chi connectivity index (χ1n) is 9.10. The van der Waals surface area contributed by atoms with E-state index < -0.39 is 10.0 Å². The van der Waals surface area contributed by atoms with E-state index in [4.69, 9.17) is 11.6 Å². The highest BCUT2D eigenvalue weighted by atomic mass is 35.5. The fraction of sp³-hybridized carbons (Fsp3) is 0.300. The van der Waals surface area contributed by atoms with Crippen LogP contribution in [0.5, 0.6) is 0 Å². The van der Waals surface area contributed by atoms with Crippen molar-refractivity contribution in [2.75, 3.05) is 12.3 Å². The van der Waals surface area contributed by atoms with Crippen LogP contribution in [0.2, 0.25) is 5.02 Å². The number of sulfonamides is 1. The molecule has 1 amide bonds. The third-order valence-electron chi connectivity index (χ3n) is 4.28. The van der Waals surface area contributed by atoms with E-state index in [2.05, 4.69) is 9.71 Å². The molecule has 1 aliphatic heterocycles. The lowest BCUT2D eigenvalue weighted by molar-refractivity contribution is 0.0859. The molecule has 0 bridgehead atoms. The fourth-order valence-corrected chi connectivity index (χ4v) is 5.18. The SMILES string of the molecule is Cc1c(Cl)cccc1N=C1SCCN1C(=O)c1ccc(S(=O)(=O)NC(C)C)cc1. The van der Waals surface area contributed by atoms with Crippen LogP contribution in [0.3, 0.4) is 0 Å². The summed E-state index contributed by atoms with van der Waals surface area (Å²) in [6.07, 6.45) is 0. The number of benzene rings is 2. The van der Waals surface area contributed by atoms with Gasteiger partial charge in [0.25, 0.3) is 5.91 Å². The Bertz CT molecular complexity index is 1050. The summed E-state index contributed by atoms with van der Waals surface area (Å²) >= 11 is 7.67. The van der Waals surface area contributed by atoms with Crippen LogP contribution in [0, 0.1) is 6.92 Å². The zero-order valence-corrected chi connectivity index (χ0v) is 18.7. The van der Waals surface area contributed by atoms with Crippen molar-refractivity contribution in [3.8, 4) is 0 Å². The molecule has 1 heterocycles. The maximum atomic E-state index is 13.0. The molecule has 29 heavy (non-hydrogen) atoms. The van der Waals surface area contributed by atoms with Crippen molar-refractivity contribution in [3.63, 3.8) is 0 Å². The highest BCUT2D eigenvalue weighted by Crippen LogP contribution is 2.29. The van der Waals surface area contributed by atoms with Gasteiger partial charge in [0.2, 0.25) is 10.0 Å². The van der Waals surface area contributed by atoms with Gasteiger partial charge in [-0.15, -0.1) is 0 Å². The number of nitrogens with one attached hydrogen (secondary N) is 1. The number of aliphatic imine (C=N–C) groups is 1. The first-order chi connectivity index (χ1) is 13.7. The Morgan fingerprint density at radius 2 is 1.90 bits per heavy atom. The summed E-state index contributed by atoms with van der Waals surface area (Å²) in [4.78, 5) is 19.3. The third kappa shape index (κ3) is 5.01. The standard InChI is InChI=1S/C20H22ClN3O3S2/c1-13(2)23-29(26,27)16-9-7-15(8-10-16)19(25)24-11-12-28-20(24)22-18-6-4-5-17(21)14(18)3/h4-10,13,23H,11-12H2,1-3H3. The molecule has 9 heteroatoms. The van der Waals surface area contributed by atoms with Crippen molar-refractivity contribution in [1.29, 1.82) is 0 Å². The van der Waals surface area contributed by atoms with Crippen LogP contribution in [-0.2, 0) is 10.0 Å². The van der Waals surface area contributed by atoms with E-state index >= 15 is 0 Å². The van der Waals surface area contributed by atoms with Gasteiger partial charge >= 0.3 is 0 Å². The Labute approximate surface area is 180 Å². The molecule has 0 aliphatic carbocycles. The second-order valence-electron chi connectivity index (χ2n) is 6.88. The molecule has 0 unspecified atom stereocenters. The topological polar surface area (TPSA) is 78.8 Å². The Hall–Kier alpha value is -1.87. The molecule has 1 N–H and O–H groups in total. The molecule has 1 aliphatic rings. The molecule has 1 saturated heterocycles. The minimum Gasteiger partial charge on any atom is -0.286 e. The van der Waals surface area contributed by atoms with Gasteiger partial charge in [0.15, 0.2) is 5.17 Å². The third-order valence-corrected chi connectivity index (χ3v) is 7.32. The number of hydrogen-bond acceptors (Lipinski definition) is 5. The number of rotatable bonds is 5. The molecule has 2 aromatic rings. The van der Waals surface area contributed by atoms with Crippen LogP contribution in [0.1, 0.15) is 29.8 Å². The molecule has 6 nitrogen and oxygen atoms in total. The Morgan fingerprint density at radius 1 is 1.21 bits per heavy atom. The van der Waals surface area contributed by atoms with Crippen molar-refractivity contribution < 1.29 is 13.2 Å². The van der Waals surface area contributed by atoms with E-state index in [1.165, 1.54) is 36.0 Å². The average Bonchev–Trinajstić information content (AvgIpc) is 3.12. The van der Waals surface area contributed by atoms with Gasteiger partial charge in [0, 0.05) is 28.9 Å². The molecule has 0 saturated carbocycles. The van der Waals surface area contributed by atoms with Crippen molar-refractivity contribution in [2.24, 2.45) is 4.99 Å². The summed E-state index contributed by atoms with van der Waals surface area (Å²) < 4.78 is 27.0. The van der Waals surface area contributed by atoms with Gasteiger partial charge in [-0.1, -0.05) is 29.4 Å². The lowest BCUT2D eigenvalue weighted by Gasteiger charge is -2.17. The first-order valence-corrected chi connectivity index (χ1v) is 11.9. The Kier molecular flexibility index (Phi) is 6.68. The number of hydrogen-bond donors (Lipinski definition) is 1. The van der Waals surface area contributed by atoms with E-state index in [1.807, 2.05) is 19.1 Å². The maximum absolute atomic E-state index is 13.0. The molecule has 0 atom stereocenters. The van der Waals surface area contributed by atoms with Gasteiger partial charge in [0.05, 0.1) is 10.6 Å². The van der Waals surface area contributed by atoms with Crippen LogP contribution in [-0.4, -0.2) is 42.7 Å². The van der Waals surface area contributed by atoms with Gasteiger partial charge in [-0.3, -0.25) is 9.69 Å². The van der Waals surface area contributed by atoms with E-state index in [0.717, 1.165) is 17.0 Å². The summed E-state index contributed by atoms with van der Waals surface area (Å²) in [5.41, 5.74) is 1.99. The van der Waals surface area contributed by atoms with Gasteiger partial charge in [-0.05, 0) is 62.7 Å². The van der Waals surface area contributed by atoms with Crippen LogP contribution < -0.4 is 4.72 Å². The van der Waals surface area contributed by atoms with Crippen molar-refractivity contribution >= 4 is 50.1 Å².